The molecule has 1 aliphatic heterocycles. The summed E-state index contributed by atoms with van der Waals surface area (Å²) >= 11 is 0. The van der Waals surface area contributed by atoms with E-state index in [9.17, 15) is 14.4 Å². The summed E-state index contributed by atoms with van der Waals surface area (Å²) in [5.74, 6) is -1.06. The fourth-order valence-electron chi connectivity index (χ4n) is 3.51. The molecule has 1 N–H and O–H groups in total. The molecule has 6 nitrogen and oxygen atoms in total. The van der Waals surface area contributed by atoms with Gasteiger partial charge in [0.25, 0.3) is 11.8 Å². The van der Waals surface area contributed by atoms with Crippen molar-refractivity contribution in [1.29, 1.82) is 0 Å². The van der Waals surface area contributed by atoms with Gasteiger partial charge >= 0.3 is 5.97 Å². The van der Waals surface area contributed by atoms with Crippen molar-refractivity contribution in [2.24, 2.45) is 5.92 Å². The van der Waals surface area contributed by atoms with Crippen LogP contribution in [0.2, 0.25) is 0 Å². The monoisotopic (exact) mass is 408 g/mol. The molecule has 3 rings (SSSR count). The number of carbonyl (C=O) groups excluding carboxylic acids is 3. The Balaban J connectivity index is 1.48. The number of rotatable bonds is 5. The second kappa shape index (κ2) is 9.57. The number of hydrogen-bond donors (Lipinski definition) is 1. The van der Waals surface area contributed by atoms with Gasteiger partial charge in [0.1, 0.15) is 0 Å². The van der Waals surface area contributed by atoms with Crippen molar-refractivity contribution in [3.8, 4) is 0 Å². The van der Waals surface area contributed by atoms with Gasteiger partial charge in [0.15, 0.2) is 6.10 Å². The molecular weight excluding hydrogens is 380 g/mol. The Morgan fingerprint density at radius 1 is 1.00 bits per heavy atom. The van der Waals surface area contributed by atoms with Crippen LogP contribution in [0.1, 0.15) is 41.3 Å². The lowest BCUT2D eigenvalue weighted by atomic mass is 9.96. The summed E-state index contributed by atoms with van der Waals surface area (Å²) in [7, 11) is 0. The second-order valence-corrected chi connectivity index (χ2v) is 7.82. The van der Waals surface area contributed by atoms with Crippen molar-refractivity contribution >= 4 is 23.5 Å². The molecule has 0 aliphatic carbocycles. The van der Waals surface area contributed by atoms with E-state index in [1.807, 2.05) is 62.4 Å². The molecule has 0 unspecified atom stereocenters. The molecule has 1 saturated heterocycles. The van der Waals surface area contributed by atoms with Crippen molar-refractivity contribution in [2.75, 3.05) is 18.4 Å². The van der Waals surface area contributed by atoms with Gasteiger partial charge in [-0.3, -0.25) is 14.4 Å². The first-order valence-electron chi connectivity index (χ1n) is 10.3. The highest BCUT2D eigenvalue weighted by atomic mass is 16.5. The quantitative estimate of drug-likeness (QED) is 0.765. The first-order valence-corrected chi connectivity index (χ1v) is 10.3. The van der Waals surface area contributed by atoms with Gasteiger partial charge in [0, 0.05) is 24.3 Å². The van der Waals surface area contributed by atoms with Crippen LogP contribution in [0.4, 0.5) is 5.69 Å². The van der Waals surface area contributed by atoms with Crippen molar-refractivity contribution in [3.63, 3.8) is 0 Å². The normalized spacial score (nSPS) is 15.4. The van der Waals surface area contributed by atoms with E-state index in [-0.39, 0.29) is 23.7 Å². The van der Waals surface area contributed by atoms with Gasteiger partial charge in [-0.1, -0.05) is 35.9 Å². The molecule has 1 heterocycles. The lowest BCUT2D eigenvalue weighted by Crippen LogP contribution is -2.42. The molecule has 0 bridgehead atoms. The third-order valence-corrected chi connectivity index (χ3v) is 5.47. The van der Waals surface area contributed by atoms with Crippen LogP contribution >= 0.6 is 0 Å². The molecular formula is C24H28N2O4. The molecule has 0 spiro atoms. The molecule has 0 radical (unpaired) electrons. The number of ether oxygens (including phenoxy) is 1. The number of esters is 1. The molecule has 30 heavy (non-hydrogen) atoms. The molecule has 1 fully saturated rings. The average molecular weight is 408 g/mol. The van der Waals surface area contributed by atoms with E-state index >= 15 is 0 Å². The first-order chi connectivity index (χ1) is 14.3. The first kappa shape index (κ1) is 21.6. The van der Waals surface area contributed by atoms with Crippen LogP contribution in [0, 0.1) is 19.8 Å². The Labute approximate surface area is 177 Å². The Bertz CT molecular complexity index is 915. The zero-order valence-corrected chi connectivity index (χ0v) is 17.7. The Kier molecular flexibility index (Phi) is 6.87. The lowest BCUT2D eigenvalue weighted by Gasteiger charge is -2.31. The maximum Gasteiger partial charge on any atom is 0.309 e. The van der Waals surface area contributed by atoms with E-state index in [0.717, 1.165) is 11.1 Å². The highest BCUT2D eigenvalue weighted by Crippen LogP contribution is 2.22. The van der Waals surface area contributed by atoms with Gasteiger partial charge in [-0.05, 0) is 57.4 Å². The predicted octanol–water partition coefficient (Wildman–Crippen LogP) is 3.73. The second-order valence-electron chi connectivity index (χ2n) is 7.82. The van der Waals surface area contributed by atoms with Gasteiger partial charge < -0.3 is 15.0 Å². The highest BCUT2D eigenvalue weighted by molar-refractivity contribution is 5.96. The summed E-state index contributed by atoms with van der Waals surface area (Å²) in [4.78, 5) is 39.3. The highest BCUT2D eigenvalue weighted by Gasteiger charge is 2.31. The number of benzene rings is 2. The van der Waals surface area contributed by atoms with Gasteiger partial charge in [-0.2, -0.15) is 0 Å². The fraction of sp³-hybridized carbons (Fsp3) is 0.375. The van der Waals surface area contributed by atoms with Crippen LogP contribution in [0.3, 0.4) is 0 Å². The van der Waals surface area contributed by atoms with Crippen molar-refractivity contribution in [1.82, 2.24) is 4.90 Å². The summed E-state index contributed by atoms with van der Waals surface area (Å²) in [6.07, 6.45) is 0.177. The summed E-state index contributed by atoms with van der Waals surface area (Å²) in [5, 5.41) is 2.75. The molecule has 2 amide bonds. The number of piperidine rings is 1. The van der Waals surface area contributed by atoms with E-state index in [4.69, 9.17) is 4.74 Å². The van der Waals surface area contributed by atoms with Gasteiger partial charge in [0.05, 0.1) is 5.92 Å². The minimum Gasteiger partial charge on any atom is -0.452 e. The molecule has 1 atom stereocenters. The maximum absolute atomic E-state index is 12.7. The predicted molar refractivity (Wildman–Crippen MR) is 115 cm³/mol. The number of anilines is 1. The van der Waals surface area contributed by atoms with Crippen LogP contribution in [0.5, 0.6) is 0 Å². The van der Waals surface area contributed by atoms with Crippen LogP contribution in [0.15, 0.2) is 48.5 Å². The fourth-order valence-corrected chi connectivity index (χ4v) is 3.51. The Hall–Kier alpha value is -3.15. The molecule has 1 aliphatic rings. The molecule has 0 saturated carbocycles. The third kappa shape index (κ3) is 5.26. The third-order valence-electron chi connectivity index (χ3n) is 5.47. The van der Waals surface area contributed by atoms with Crippen molar-refractivity contribution in [2.45, 2.75) is 39.7 Å². The van der Waals surface area contributed by atoms with Crippen molar-refractivity contribution < 1.29 is 19.1 Å². The molecule has 2 aromatic rings. The zero-order valence-electron chi connectivity index (χ0n) is 17.7. The molecule has 2 aromatic carbocycles. The number of amides is 2. The lowest BCUT2D eigenvalue weighted by molar-refractivity contribution is -0.158. The Morgan fingerprint density at radius 2 is 1.63 bits per heavy atom. The topological polar surface area (TPSA) is 75.7 Å². The SMILES string of the molecule is Cc1ccc(NC(=O)[C@@H](C)OC(=O)C2CCN(C(=O)c3ccccc3C)CC2)cc1. The number of hydrogen-bond acceptors (Lipinski definition) is 4. The Morgan fingerprint density at radius 3 is 2.27 bits per heavy atom. The number of carbonyl (C=O) groups is 3. The largest absolute Gasteiger partial charge is 0.452 e. The summed E-state index contributed by atoms with van der Waals surface area (Å²) in [5.41, 5.74) is 3.40. The smallest absolute Gasteiger partial charge is 0.309 e. The summed E-state index contributed by atoms with van der Waals surface area (Å²) in [6.45, 7) is 6.45. The van der Waals surface area contributed by atoms with E-state index < -0.39 is 6.10 Å². The minimum absolute atomic E-state index is 0.00855. The van der Waals surface area contributed by atoms with E-state index in [2.05, 4.69) is 5.32 Å². The standard InChI is InChI=1S/C24H28N2O4/c1-16-8-10-20(11-9-16)25-22(27)18(3)30-24(29)19-12-14-26(15-13-19)23(28)21-7-5-4-6-17(21)2/h4-11,18-19H,12-15H2,1-3H3,(H,25,27)/t18-/m1/s1. The van der Waals surface area contributed by atoms with Gasteiger partial charge in [0.2, 0.25) is 0 Å². The van der Waals surface area contributed by atoms with E-state index in [0.29, 0.717) is 37.2 Å². The summed E-state index contributed by atoms with van der Waals surface area (Å²) in [6, 6.07) is 14.9. The van der Waals surface area contributed by atoms with Crippen LogP contribution in [-0.4, -0.2) is 41.9 Å². The van der Waals surface area contributed by atoms with E-state index in [1.54, 1.807) is 11.8 Å². The number of likely N-dealkylation sites (tertiary alicyclic amines) is 1. The zero-order chi connectivity index (χ0) is 21.7. The van der Waals surface area contributed by atoms with E-state index in [1.165, 1.54) is 0 Å². The number of nitrogens with zero attached hydrogens (tertiary/aromatic N) is 1. The molecule has 6 heteroatoms. The average Bonchev–Trinajstić information content (AvgIpc) is 2.75. The summed E-state index contributed by atoms with van der Waals surface area (Å²) < 4.78 is 5.39. The number of nitrogens with one attached hydrogen (secondary N) is 1. The van der Waals surface area contributed by atoms with Crippen LogP contribution < -0.4 is 5.32 Å². The van der Waals surface area contributed by atoms with Crippen LogP contribution in [-0.2, 0) is 14.3 Å². The van der Waals surface area contributed by atoms with Gasteiger partial charge in [-0.25, -0.2) is 0 Å². The molecule has 158 valence electrons. The maximum atomic E-state index is 12.7. The molecule has 0 aromatic heterocycles. The van der Waals surface area contributed by atoms with Gasteiger partial charge in [-0.15, -0.1) is 0 Å². The van der Waals surface area contributed by atoms with Crippen molar-refractivity contribution in [3.05, 3.63) is 65.2 Å². The van der Waals surface area contributed by atoms with Crippen LogP contribution in [0.25, 0.3) is 0 Å². The minimum atomic E-state index is -0.884. The number of aryl methyl sites for hydroxylation is 2.